The number of aliphatic hydroxyl groups excluding tert-OH is 1. The van der Waals surface area contributed by atoms with Gasteiger partial charge in [-0.3, -0.25) is 4.79 Å². The molecule has 0 aromatic carbocycles. The number of hydrogen-bond donors (Lipinski definition) is 1. The van der Waals surface area contributed by atoms with Crippen LogP contribution in [0.1, 0.15) is 98.8 Å². The van der Waals surface area contributed by atoms with Crippen LogP contribution < -0.4 is 0 Å². The minimum atomic E-state index is -0.478. The summed E-state index contributed by atoms with van der Waals surface area (Å²) in [7, 11) is 0. The highest BCUT2D eigenvalue weighted by Gasteiger charge is 2.50. The second-order valence-electron chi connectivity index (χ2n) is 11.5. The zero-order chi connectivity index (χ0) is 23.5. The van der Waals surface area contributed by atoms with E-state index in [4.69, 9.17) is 4.74 Å². The maximum atomic E-state index is 11.4. The maximum absolute atomic E-state index is 11.4. The Morgan fingerprint density at radius 3 is 2.69 bits per heavy atom. The molecule has 0 heterocycles. The molecule has 32 heavy (non-hydrogen) atoms. The van der Waals surface area contributed by atoms with Crippen molar-refractivity contribution >= 4 is 5.97 Å². The molecule has 3 fully saturated rings. The van der Waals surface area contributed by atoms with Crippen molar-refractivity contribution in [3.8, 4) is 0 Å². The summed E-state index contributed by atoms with van der Waals surface area (Å²) in [4.78, 5) is 11.4. The molecule has 0 spiro atoms. The van der Waals surface area contributed by atoms with Crippen LogP contribution in [0.25, 0.3) is 0 Å². The van der Waals surface area contributed by atoms with E-state index in [0.717, 1.165) is 28.9 Å². The molecule has 0 saturated heterocycles. The molecule has 0 aromatic rings. The minimum absolute atomic E-state index is 0.314. The first kappa shape index (κ1) is 25.3. The largest absolute Gasteiger partial charge is 0.458 e. The molecular weight excluding hydrogens is 396 g/mol. The van der Waals surface area contributed by atoms with E-state index in [9.17, 15) is 9.90 Å². The van der Waals surface area contributed by atoms with Gasteiger partial charge < -0.3 is 9.84 Å². The Kier molecular flexibility index (Phi) is 8.47. The first-order valence-electron chi connectivity index (χ1n) is 13.1. The third kappa shape index (κ3) is 5.76. The summed E-state index contributed by atoms with van der Waals surface area (Å²) in [5.41, 5.74) is 3.89. The molecule has 0 aliphatic heterocycles. The third-order valence-electron chi connectivity index (χ3n) is 8.72. The summed E-state index contributed by atoms with van der Waals surface area (Å²) >= 11 is 0. The molecule has 3 saturated carbocycles. The molecule has 6 atom stereocenters. The third-order valence-corrected chi connectivity index (χ3v) is 8.72. The molecule has 3 rings (SSSR count). The van der Waals surface area contributed by atoms with E-state index in [2.05, 4.69) is 46.4 Å². The van der Waals surface area contributed by atoms with Gasteiger partial charge >= 0.3 is 5.97 Å². The molecule has 0 amide bonds. The number of carbonyl (C=O) groups is 1. The minimum Gasteiger partial charge on any atom is -0.458 e. The maximum Gasteiger partial charge on any atom is 0.303 e. The average Bonchev–Trinajstić information content (AvgIpc) is 3.06. The van der Waals surface area contributed by atoms with Crippen molar-refractivity contribution in [2.45, 2.75) is 111 Å². The van der Waals surface area contributed by atoms with Gasteiger partial charge in [0.05, 0.1) is 6.10 Å². The summed E-state index contributed by atoms with van der Waals surface area (Å²) in [5, 5.41) is 10.3. The summed E-state index contributed by atoms with van der Waals surface area (Å²) < 4.78 is 5.41. The van der Waals surface area contributed by atoms with E-state index >= 15 is 0 Å². The van der Waals surface area contributed by atoms with Crippen LogP contribution >= 0.6 is 0 Å². The lowest BCUT2D eigenvalue weighted by molar-refractivity contribution is -0.146. The molecule has 3 nitrogen and oxygen atoms in total. The first-order chi connectivity index (χ1) is 15.1. The fraction of sp³-hybridized carbons (Fsp3) is 0.759. The quantitative estimate of drug-likeness (QED) is 0.425. The van der Waals surface area contributed by atoms with Gasteiger partial charge in [-0.25, -0.2) is 0 Å². The van der Waals surface area contributed by atoms with Gasteiger partial charge in [-0.2, -0.15) is 0 Å². The summed E-state index contributed by atoms with van der Waals surface area (Å²) in [5.74, 6) is 2.80. The van der Waals surface area contributed by atoms with Crippen LogP contribution in [0.5, 0.6) is 0 Å². The Hall–Kier alpha value is -1.35. The fourth-order valence-corrected chi connectivity index (χ4v) is 7.03. The fourth-order valence-electron chi connectivity index (χ4n) is 7.03. The van der Waals surface area contributed by atoms with E-state index in [1.807, 2.05) is 0 Å². The van der Waals surface area contributed by atoms with Gasteiger partial charge in [-0.15, -0.1) is 0 Å². The molecule has 3 aliphatic rings. The SMILES string of the molecule is C=C1/C(=C\C=C2/CCC[C@]3(C)[C@@H]([C@H](C)CCCC(C)C)CC[C@@H]23)C[C@@H](O)C[C@H]1OC(C)=O. The van der Waals surface area contributed by atoms with Crippen molar-refractivity contribution in [3.05, 3.63) is 35.5 Å². The van der Waals surface area contributed by atoms with Gasteiger partial charge in [-0.05, 0) is 78.8 Å². The number of esters is 1. The summed E-state index contributed by atoms with van der Waals surface area (Å²) in [6, 6.07) is 0. The van der Waals surface area contributed by atoms with Crippen molar-refractivity contribution < 1.29 is 14.6 Å². The number of rotatable bonds is 7. The Bertz CT molecular complexity index is 746. The van der Waals surface area contributed by atoms with Crippen molar-refractivity contribution in [3.63, 3.8) is 0 Å². The standard InChI is InChI=1S/C29H46O3/c1-19(2)9-7-10-20(3)26-14-15-27-23(11-8-16-29(26,27)6)12-13-24-17-25(31)18-28(21(24)4)32-22(5)30/h12-13,19-20,25-28,31H,4,7-11,14-18H2,1-3,5-6H3/b23-12+,24-13-/t20-,25-,26-,27+,28-,29-/m1/s1. The van der Waals surface area contributed by atoms with Gasteiger partial charge in [0.25, 0.3) is 0 Å². The normalized spacial score (nSPS) is 36.5. The highest BCUT2D eigenvalue weighted by atomic mass is 16.5. The predicted molar refractivity (Wildman–Crippen MR) is 132 cm³/mol. The average molecular weight is 443 g/mol. The van der Waals surface area contributed by atoms with Crippen LogP contribution in [0, 0.1) is 29.1 Å². The van der Waals surface area contributed by atoms with Crippen molar-refractivity contribution in [2.75, 3.05) is 0 Å². The molecule has 180 valence electrons. The van der Waals surface area contributed by atoms with Crippen LogP contribution in [0.2, 0.25) is 0 Å². The molecule has 3 heteroatoms. The van der Waals surface area contributed by atoms with Crippen LogP contribution in [0.4, 0.5) is 0 Å². The monoisotopic (exact) mass is 442 g/mol. The number of fused-ring (bicyclic) bond motifs is 1. The zero-order valence-electron chi connectivity index (χ0n) is 21.2. The smallest absolute Gasteiger partial charge is 0.303 e. The van der Waals surface area contributed by atoms with Gasteiger partial charge in [-0.1, -0.05) is 71.3 Å². The van der Waals surface area contributed by atoms with Crippen LogP contribution in [0.3, 0.4) is 0 Å². The molecular formula is C29H46O3. The Morgan fingerprint density at radius 2 is 2.00 bits per heavy atom. The van der Waals surface area contributed by atoms with Crippen molar-refractivity contribution in [1.29, 1.82) is 0 Å². The van der Waals surface area contributed by atoms with Gasteiger partial charge in [0.15, 0.2) is 0 Å². The van der Waals surface area contributed by atoms with E-state index in [1.165, 1.54) is 58.3 Å². The number of aliphatic hydroxyl groups is 1. The van der Waals surface area contributed by atoms with Crippen LogP contribution in [0.15, 0.2) is 35.5 Å². The van der Waals surface area contributed by atoms with Crippen molar-refractivity contribution in [1.82, 2.24) is 0 Å². The van der Waals surface area contributed by atoms with E-state index in [1.54, 1.807) is 5.57 Å². The highest BCUT2D eigenvalue weighted by molar-refractivity contribution is 5.66. The second kappa shape index (κ2) is 10.7. The molecule has 1 N–H and O–H groups in total. The lowest BCUT2D eigenvalue weighted by Crippen LogP contribution is -2.36. The number of ether oxygens (including phenoxy) is 1. The van der Waals surface area contributed by atoms with Crippen LogP contribution in [-0.2, 0) is 9.53 Å². The van der Waals surface area contributed by atoms with E-state index in [-0.39, 0.29) is 5.97 Å². The number of carbonyl (C=O) groups excluding carboxylic acids is 1. The number of hydrogen-bond acceptors (Lipinski definition) is 3. The van der Waals surface area contributed by atoms with Crippen LogP contribution in [-0.4, -0.2) is 23.3 Å². The van der Waals surface area contributed by atoms with E-state index < -0.39 is 12.2 Å². The Balaban J connectivity index is 1.72. The summed E-state index contributed by atoms with van der Waals surface area (Å²) in [6.45, 7) is 15.3. The first-order valence-corrected chi connectivity index (χ1v) is 13.1. The Morgan fingerprint density at radius 1 is 1.25 bits per heavy atom. The molecule has 0 aromatic heterocycles. The van der Waals surface area contributed by atoms with E-state index in [0.29, 0.717) is 24.2 Å². The number of allylic oxidation sites excluding steroid dienone is 3. The van der Waals surface area contributed by atoms with Crippen molar-refractivity contribution in [2.24, 2.45) is 29.1 Å². The van der Waals surface area contributed by atoms with Gasteiger partial charge in [0.1, 0.15) is 6.10 Å². The molecule has 0 radical (unpaired) electrons. The molecule has 0 unspecified atom stereocenters. The lowest BCUT2D eigenvalue weighted by atomic mass is 9.60. The Labute approximate surface area is 196 Å². The highest BCUT2D eigenvalue weighted by Crippen LogP contribution is 2.60. The predicted octanol–water partition coefficient (Wildman–Crippen LogP) is 7.16. The molecule has 3 aliphatic carbocycles. The second-order valence-corrected chi connectivity index (χ2v) is 11.5. The lowest BCUT2D eigenvalue weighted by Gasteiger charge is -2.44. The molecule has 0 bridgehead atoms. The topological polar surface area (TPSA) is 46.5 Å². The zero-order valence-corrected chi connectivity index (χ0v) is 21.2. The van der Waals surface area contributed by atoms with Gasteiger partial charge in [0, 0.05) is 13.3 Å². The summed E-state index contributed by atoms with van der Waals surface area (Å²) in [6.07, 6.45) is 15.2. The van der Waals surface area contributed by atoms with Gasteiger partial charge in [0.2, 0.25) is 0 Å².